The summed E-state index contributed by atoms with van der Waals surface area (Å²) in [6.45, 7) is 3.67. The van der Waals surface area contributed by atoms with Gasteiger partial charge in [0.05, 0.1) is 7.11 Å². The summed E-state index contributed by atoms with van der Waals surface area (Å²) >= 11 is 0. The summed E-state index contributed by atoms with van der Waals surface area (Å²) in [6, 6.07) is 8.81. The molecule has 1 unspecified atom stereocenters. The molecule has 0 aliphatic carbocycles. The number of rotatable bonds is 4. The number of carbonyl (C=O) groups is 2. The maximum atomic E-state index is 12.1. The SMILES string of the molecule is COC(=O)C(C(=O)c1ccccc1)C(C)C. The zero-order valence-electron chi connectivity index (χ0n) is 9.77. The minimum absolute atomic E-state index is 0.0693. The molecule has 0 amide bonds. The van der Waals surface area contributed by atoms with E-state index in [2.05, 4.69) is 4.74 Å². The van der Waals surface area contributed by atoms with Crippen LogP contribution < -0.4 is 0 Å². The van der Waals surface area contributed by atoms with Crippen LogP contribution in [-0.2, 0) is 9.53 Å². The number of hydrogen-bond acceptors (Lipinski definition) is 3. The molecule has 0 fully saturated rings. The van der Waals surface area contributed by atoms with E-state index in [0.29, 0.717) is 5.56 Å². The summed E-state index contributed by atoms with van der Waals surface area (Å²) < 4.78 is 4.66. The molecule has 0 saturated heterocycles. The van der Waals surface area contributed by atoms with E-state index in [1.807, 2.05) is 19.9 Å². The van der Waals surface area contributed by atoms with Crippen LogP contribution in [0.2, 0.25) is 0 Å². The van der Waals surface area contributed by atoms with Gasteiger partial charge in [-0.3, -0.25) is 9.59 Å². The predicted octanol–water partition coefficient (Wildman–Crippen LogP) is 2.31. The Morgan fingerprint density at radius 3 is 2.12 bits per heavy atom. The molecular weight excluding hydrogens is 204 g/mol. The summed E-state index contributed by atoms with van der Waals surface area (Å²) in [5, 5.41) is 0. The van der Waals surface area contributed by atoms with Crippen LogP contribution in [0.3, 0.4) is 0 Å². The zero-order valence-corrected chi connectivity index (χ0v) is 9.77. The van der Waals surface area contributed by atoms with Crippen molar-refractivity contribution in [2.75, 3.05) is 7.11 Å². The fraction of sp³-hybridized carbons (Fsp3) is 0.385. The highest BCUT2D eigenvalue weighted by molar-refractivity contribution is 6.08. The van der Waals surface area contributed by atoms with Crippen LogP contribution in [0.1, 0.15) is 24.2 Å². The number of methoxy groups -OCH3 is 1. The van der Waals surface area contributed by atoms with Crippen LogP contribution in [0.5, 0.6) is 0 Å². The quantitative estimate of drug-likeness (QED) is 0.444. The van der Waals surface area contributed by atoms with E-state index < -0.39 is 11.9 Å². The molecule has 0 heterocycles. The third-order valence-corrected chi connectivity index (χ3v) is 2.46. The van der Waals surface area contributed by atoms with Crippen molar-refractivity contribution in [3.05, 3.63) is 35.9 Å². The van der Waals surface area contributed by atoms with E-state index >= 15 is 0 Å². The molecule has 86 valence electrons. The number of ketones is 1. The Hall–Kier alpha value is -1.64. The molecule has 0 radical (unpaired) electrons. The van der Waals surface area contributed by atoms with E-state index in [9.17, 15) is 9.59 Å². The van der Waals surface area contributed by atoms with E-state index in [0.717, 1.165) is 0 Å². The summed E-state index contributed by atoms with van der Waals surface area (Å²) in [6.07, 6.45) is 0. The predicted molar refractivity (Wildman–Crippen MR) is 61.1 cm³/mol. The van der Waals surface area contributed by atoms with Crippen LogP contribution in [0.4, 0.5) is 0 Å². The third-order valence-electron chi connectivity index (χ3n) is 2.46. The molecule has 0 aliphatic heterocycles. The minimum Gasteiger partial charge on any atom is -0.468 e. The number of esters is 1. The van der Waals surface area contributed by atoms with Gasteiger partial charge in [-0.15, -0.1) is 0 Å². The van der Waals surface area contributed by atoms with E-state index in [4.69, 9.17) is 0 Å². The first-order valence-electron chi connectivity index (χ1n) is 5.25. The fourth-order valence-corrected chi connectivity index (χ4v) is 1.59. The highest BCUT2D eigenvalue weighted by Crippen LogP contribution is 2.18. The van der Waals surface area contributed by atoms with Gasteiger partial charge in [-0.25, -0.2) is 0 Å². The Labute approximate surface area is 95.4 Å². The molecule has 3 nitrogen and oxygen atoms in total. The van der Waals surface area contributed by atoms with E-state index in [-0.39, 0.29) is 11.7 Å². The molecule has 16 heavy (non-hydrogen) atoms. The number of carbonyl (C=O) groups excluding carboxylic acids is 2. The van der Waals surface area contributed by atoms with Gasteiger partial charge >= 0.3 is 5.97 Å². The largest absolute Gasteiger partial charge is 0.468 e. The maximum Gasteiger partial charge on any atom is 0.316 e. The van der Waals surface area contributed by atoms with Gasteiger partial charge in [-0.1, -0.05) is 44.2 Å². The highest BCUT2D eigenvalue weighted by Gasteiger charge is 2.31. The van der Waals surface area contributed by atoms with Crippen molar-refractivity contribution in [3.8, 4) is 0 Å². The normalized spacial score (nSPS) is 12.2. The Bertz CT molecular complexity index is 368. The van der Waals surface area contributed by atoms with Gasteiger partial charge in [-0.05, 0) is 5.92 Å². The average molecular weight is 220 g/mol. The molecule has 1 atom stereocenters. The third kappa shape index (κ3) is 2.69. The number of benzene rings is 1. The molecule has 1 rings (SSSR count). The monoisotopic (exact) mass is 220 g/mol. The zero-order chi connectivity index (χ0) is 12.1. The Morgan fingerprint density at radius 1 is 1.12 bits per heavy atom. The molecule has 3 heteroatoms. The molecule has 0 aliphatic rings. The van der Waals surface area contributed by atoms with Gasteiger partial charge in [0, 0.05) is 5.56 Å². The van der Waals surface area contributed by atoms with Gasteiger partial charge in [0.1, 0.15) is 5.92 Å². The van der Waals surface area contributed by atoms with Crippen molar-refractivity contribution in [2.24, 2.45) is 11.8 Å². The fourth-order valence-electron chi connectivity index (χ4n) is 1.59. The van der Waals surface area contributed by atoms with Crippen LogP contribution in [-0.4, -0.2) is 18.9 Å². The number of ether oxygens (including phenoxy) is 1. The van der Waals surface area contributed by atoms with Crippen molar-refractivity contribution in [2.45, 2.75) is 13.8 Å². The lowest BCUT2D eigenvalue weighted by molar-refractivity contribution is -0.144. The number of Topliss-reactive ketones (excluding diaryl/α,β-unsaturated/α-hetero) is 1. The lowest BCUT2D eigenvalue weighted by Crippen LogP contribution is -2.30. The highest BCUT2D eigenvalue weighted by atomic mass is 16.5. The van der Waals surface area contributed by atoms with E-state index in [1.165, 1.54) is 7.11 Å². The Morgan fingerprint density at radius 2 is 1.69 bits per heavy atom. The van der Waals surface area contributed by atoms with Gasteiger partial charge in [0.2, 0.25) is 0 Å². The summed E-state index contributed by atoms with van der Waals surface area (Å²) in [4.78, 5) is 23.6. The second-order valence-electron chi connectivity index (χ2n) is 3.98. The first kappa shape index (κ1) is 12.4. The average Bonchev–Trinajstić information content (AvgIpc) is 2.29. The van der Waals surface area contributed by atoms with Gasteiger partial charge in [0.25, 0.3) is 0 Å². The molecule has 1 aromatic rings. The molecule has 0 bridgehead atoms. The minimum atomic E-state index is -0.715. The second kappa shape index (κ2) is 5.45. The first-order valence-corrected chi connectivity index (χ1v) is 5.25. The summed E-state index contributed by atoms with van der Waals surface area (Å²) in [5.74, 6) is -1.43. The molecule has 0 N–H and O–H groups in total. The van der Waals surface area contributed by atoms with Gasteiger partial charge < -0.3 is 4.74 Å². The number of hydrogen-bond donors (Lipinski definition) is 0. The summed E-state index contributed by atoms with van der Waals surface area (Å²) in [7, 11) is 1.30. The van der Waals surface area contributed by atoms with Gasteiger partial charge in [-0.2, -0.15) is 0 Å². The van der Waals surface area contributed by atoms with Crippen molar-refractivity contribution in [3.63, 3.8) is 0 Å². The van der Waals surface area contributed by atoms with Crippen molar-refractivity contribution >= 4 is 11.8 Å². The standard InChI is InChI=1S/C13H16O3/c1-9(2)11(13(15)16-3)12(14)10-7-5-4-6-8-10/h4-9,11H,1-3H3. The van der Waals surface area contributed by atoms with Crippen molar-refractivity contribution in [1.82, 2.24) is 0 Å². The topological polar surface area (TPSA) is 43.4 Å². The van der Waals surface area contributed by atoms with Gasteiger partial charge in [0.15, 0.2) is 5.78 Å². The van der Waals surface area contributed by atoms with Crippen LogP contribution in [0.15, 0.2) is 30.3 Å². The Balaban J connectivity index is 2.97. The first-order chi connectivity index (χ1) is 7.57. The lowest BCUT2D eigenvalue weighted by atomic mass is 9.88. The van der Waals surface area contributed by atoms with Crippen molar-refractivity contribution in [1.29, 1.82) is 0 Å². The Kier molecular flexibility index (Phi) is 4.23. The maximum absolute atomic E-state index is 12.1. The molecule has 0 spiro atoms. The summed E-state index contributed by atoms with van der Waals surface area (Å²) in [5.41, 5.74) is 0.548. The van der Waals surface area contributed by atoms with Crippen molar-refractivity contribution < 1.29 is 14.3 Å². The van der Waals surface area contributed by atoms with E-state index in [1.54, 1.807) is 24.3 Å². The van der Waals surface area contributed by atoms with Crippen LogP contribution >= 0.6 is 0 Å². The second-order valence-corrected chi connectivity index (χ2v) is 3.98. The van der Waals surface area contributed by atoms with Crippen LogP contribution in [0.25, 0.3) is 0 Å². The molecular formula is C13H16O3. The molecule has 1 aromatic carbocycles. The molecule has 0 aromatic heterocycles. The molecule has 0 saturated carbocycles. The smallest absolute Gasteiger partial charge is 0.316 e. The lowest BCUT2D eigenvalue weighted by Gasteiger charge is -2.16. The van der Waals surface area contributed by atoms with Crippen LogP contribution in [0, 0.1) is 11.8 Å².